The predicted octanol–water partition coefficient (Wildman–Crippen LogP) is 3.13. The van der Waals surface area contributed by atoms with Crippen LogP contribution in [0, 0.1) is 9.49 Å². The van der Waals surface area contributed by atoms with Crippen LogP contribution >= 0.6 is 22.6 Å². The van der Waals surface area contributed by atoms with Gasteiger partial charge in [0.1, 0.15) is 0 Å². The van der Waals surface area contributed by atoms with Crippen molar-refractivity contribution in [3.63, 3.8) is 0 Å². The van der Waals surface area contributed by atoms with Gasteiger partial charge >= 0.3 is 5.97 Å². The Hall–Kier alpha value is -1.37. The van der Waals surface area contributed by atoms with Crippen LogP contribution in [0.5, 0.6) is 0 Å². The van der Waals surface area contributed by atoms with Crippen LogP contribution in [0.1, 0.15) is 19.3 Å². The molecule has 0 aliphatic heterocycles. The molecule has 4 nitrogen and oxygen atoms in total. The number of allylic oxidation sites excluding steroid dienone is 2. The first-order chi connectivity index (χ1) is 9.65. The monoisotopic (exact) mass is 385 g/mol. The van der Waals surface area contributed by atoms with E-state index in [1.807, 2.05) is 30.3 Å². The van der Waals surface area contributed by atoms with Crippen LogP contribution in [0.25, 0.3) is 0 Å². The number of carbonyl (C=O) groups is 2. The first kappa shape index (κ1) is 15.0. The van der Waals surface area contributed by atoms with E-state index in [2.05, 4.69) is 34.0 Å². The molecule has 1 atom stereocenters. The standard InChI is InChI=1S/C15H16INO3/c16-12-6-8-13(9-7-12)17-14(18)10-20-15(19)11-4-2-1-3-5-11/h1-2,6-9,11H,3-5,10H2,(H,17,18)/t11-/m1/s1. The Morgan fingerprint density at radius 2 is 2.00 bits per heavy atom. The van der Waals surface area contributed by atoms with Gasteiger partial charge in [-0.3, -0.25) is 9.59 Å². The summed E-state index contributed by atoms with van der Waals surface area (Å²) in [5, 5.41) is 2.69. The Bertz CT molecular complexity index is 510. The number of carbonyl (C=O) groups excluding carboxylic acids is 2. The largest absolute Gasteiger partial charge is 0.455 e. The molecule has 20 heavy (non-hydrogen) atoms. The second kappa shape index (κ2) is 7.42. The highest BCUT2D eigenvalue weighted by atomic mass is 127. The highest BCUT2D eigenvalue weighted by molar-refractivity contribution is 14.1. The quantitative estimate of drug-likeness (QED) is 0.492. The van der Waals surface area contributed by atoms with Gasteiger partial charge in [-0.1, -0.05) is 12.2 Å². The normalized spacial score (nSPS) is 17.6. The van der Waals surface area contributed by atoms with Gasteiger partial charge in [-0.2, -0.15) is 0 Å². The van der Waals surface area contributed by atoms with Gasteiger partial charge in [0.2, 0.25) is 0 Å². The zero-order valence-corrected chi connectivity index (χ0v) is 13.1. The number of hydrogen-bond donors (Lipinski definition) is 1. The third-order valence-electron chi connectivity index (χ3n) is 3.08. The average molecular weight is 385 g/mol. The van der Waals surface area contributed by atoms with Crippen molar-refractivity contribution in [2.75, 3.05) is 11.9 Å². The molecule has 1 aromatic rings. The van der Waals surface area contributed by atoms with Crippen LogP contribution in [-0.2, 0) is 14.3 Å². The lowest BCUT2D eigenvalue weighted by Gasteiger charge is -2.16. The molecule has 1 amide bonds. The molecule has 5 heteroatoms. The highest BCUT2D eigenvalue weighted by Crippen LogP contribution is 2.19. The van der Waals surface area contributed by atoms with Crippen molar-refractivity contribution >= 4 is 40.2 Å². The van der Waals surface area contributed by atoms with E-state index >= 15 is 0 Å². The molecular formula is C15H16INO3. The van der Waals surface area contributed by atoms with Gasteiger partial charge in [-0.15, -0.1) is 0 Å². The lowest BCUT2D eigenvalue weighted by atomic mass is 9.95. The SMILES string of the molecule is O=C(COC(=O)[C@@H]1CC=CCC1)Nc1ccc(I)cc1. The van der Waals surface area contributed by atoms with Crippen molar-refractivity contribution < 1.29 is 14.3 Å². The van der Waals surface area contributed by atoms with E-state index in [1.54, 1.807) is 0 Å². The molecule has 0 fully saturated rings. The molecule has 0 unspecified atom stereocenters. The molecular weight excluding hydrogens is 369 g/mol. The maximum atomic E-state index is 11.8. The molecule has 1 N–H and O–H groups in total. The topological polar surface area (TPSA) is 55.4 Å². The van der Waals surface area contributed by atoms with E-state index < -0.39 is 0 Å². The number of anilines is 1. The van der Waals surface area contributed by atoms with Crippen molar-refractivity contribution in [1.29, 1.82) is 0 Å². The van der Waals surface area contributed by atoms with Gasteiger partial charge < -0.3 is 10.1 Å². The summed E-state index contributed by atoms with van der Waals surface area (Å²) < 4.78 is 6.15. The number of esters is 1. The first-order valence-corrected chi connectivity index (χ1v) is 7.60. The Morgan fingerprint density at radius 3 is 2.65 bits per heavy atom. The zero-order valence-electron chi connectivity index (χ0n) is 11.0. The Morgan fingerprint density at radius 1 is 1.25 bits per heavy atom. The summed E-state index contributed by atoms with van der Waals surface area (Å²) in [6, 6.07) is 7.42. The van der Waals surface area contributed by atoms with Gasteiger partial charge in [-0.05, 0) is 66.1 Å². The predicted molar refractivity (Wildman–Crippen MR) is 85.2 cm³/mol. The van der Waals surface area contributed by atoms with Gasteiger partial charge in [0.05, 0.1) is 5.92 Å². The summed E-state index contributed by atoms with van der Waals surface area (Å²) in [7, 11) is 0. The summed E-state index contributed by atoms with van der Waals surface area (Å²) in [4.78, 5) is 23.4. The van der Waals surface area contributed by atoms with Gasteiger partial charge in [0, 0.05) is 9.26 Å². The van der Waals surface area contributed by atoms with E-state index in [4.69, 9.17) is 4.74 Å². The summed E-state index contributed by atoms with van der Waals surface area (Å²) in [5.41, 5.74) is 0.701. The van der Waals surface area contributed by atoms with E-state index in [1.165, 1.54) is 0 Å². The highest BCUT2D eigenvalue weighted by Gasteiger charge is 2.20. The molecule has 0 spiro atoms. The number of nitrogens with one attached hydrogen (secondary N) is 1. The summed E-state index contributed by atoms with van der Waals surface area (Å²) in [6.07, 6.45) is 6.45. The molecule has 0 heterocycles. The van der Waals surface area contributed by atoms with Gasteiger partial charge in [0.25, 0.3) is 5.91 Å². The van der Waals surface area contributed by atoms with Crippen molar-refractivity contribution in [2.24, 2.45) is 5.92 Å². The smallest absolute Gasteiger partial charge is 0.309 e. The van der Waals surface area contributed by atoms with Crippen LogP contribution in [0.15, 0.2) is 36.4 Å². The molecule has 1 aromatic carbocycles. The second-order valence-corrected chi connectivity index (χ2v) is 5.89. The summed E-state index contributed by atoms with van der Waals surface area (Å²) in [5.74, 6) is -0.705. The minimum Gasteiger partial charge on any atom is -0.455 e. The van der Waals surface area contributed by atoms with Crippen LogP contribution in [-0.4, -0.2) is 18.5 Å². The average Bonchev–Trinajstić information content (AvgIpc) is 2.48. The molecule has 0 radical (unpaired) electrons. The van der Waals surface area contributed by atoms with E-state index in [-0.39, 0.29) is 24.4 Å². The fraction of sp³-hybridized carbons (Fsp3) is 0.333. The van der Waals surface area contributed by atoms with Gasteiger partial charge in [0.15, 0.2) is 6.61 Å². The summed E-state index contributed by atoms with van der Waals surface area (Å²) in [6.45, 7) is -0.231. The fourth-order valence-corrected chi connectivity index (χ4v) is 2.35. The Kier molecular flexibility index (Phi) is 5.58. The summed E-state index contributed by atoms with van der Waals surface area (Å²) >= 11 is 2.19. The Labute approximate surface area is 131 Å². The van der Waals surface area contributed by atoms with E-state index in [9.17, 15) is 9.59 Å². The second-order valence-electron chi connectivity index (χ2n) is 4.64. The molecule has 1 aliphatic rings. The molecule has 0 saturated carbocycles. The maximum absolute atomic E-state index is 11.8. The van der Waals surface area contributed by atoms with Crippen LogP contribution < -0.4 is 5.32 Å². The lowest BCUT2D eigenvalue weighted by molar-refractivity contribution is -0.151. The fourth-order valence-electron chi connectivity index (χ4n) is 1.99. The minimum atomic E-state index is -0.314. The van der Waals surface area contributed by atoms with Gasteiger partial charge in [-0.25, -0.2) is 0 Å². The number of halogens is 1. The van der Waals surface area contributed by atoms with Crippen LogP contribution in [0.3, 0.4) is 0 Å². The zero-order chi connectivity index (χ0) is 14.4. The van der Waals surface area contributed by atoms with Crippen molar-refractivity contribution in [2.45, 2.75) is 19.3 Å². The lowest BCUT2D eigenvalue weighted by Crippen LogP contribution is -2.25. The third-order valence-corrected chi connectivity index (χ3v) is 3.80. The van der Waals surface area contributed by atoms with Crippen molar-refractivity contribution in [3.8, 4) is 0 Å². The number of benzene rings is 1. The van der Waals surface area contributed by atoms with Crippen LogP contribution in [0.2, 0.25) is 0 Å². The molecule has 2 rings (SSSR count). The van der Waals surface area contributed by atoms with E-state index in [0.29, 0.717) is 12.1 Å². The number of hydrogen-bond acceptors (Lipinski definition) is 3. The molecule has 106 valence electrons. The molecule has 0 bridgehead atoms. The van der Waals surface area contributed by atoms with Crippen molar-refractivity contribution in [1.82, 2.24) is 0 Å². The third kappa shape index (κ3) is 4.63. The Balaban J connectivity index is 1.75. The van der Waals surface area contributed by atoms with Crippen molar-refractivity contribution in [3.05, 3.63) is 40.0 Å². The maximum Gasteiger partial charge on any atom is 0.309 e. The first-order valence-electron chi connectivity index (χ1n) is 6.52. The molecule has 0 aromatic heterocycles. The van der Waals surface area contributed by atoms with Crippen LogP contribution in [0.4, 0.5) is 5.69 Å². The number of amides is 1. The molecule has 0 saturated heterocycles. The van der Waals surface area contributed by atoms with E-state index in [0.717, 1.165) is 16.4 Å². The minimum absolute atomic E-state index is 0.105. The number of ether oxygens (including phenoxy) is 1. The number of rotatable bonds is 4. The molecule has 1 aliphatic carbocycles.